The lowest BCUT2D eigenvalue weighted by Gasteiger charge is -2.36. The zero-order chi connectivity index (χ0) is 24.6. The fourth-order valence-electron chi connectivity index (χ4n) is 4.88. The van der Waals surface area contributed by atoms with Gasteiger partial charge in [-0.1, -0.05) is 30.3 Å². The summed E-state index contributed by atoms with van der Waals surface area (Å²) in [4.78, 5) is 2.28. The maximum atomic E-state index is 14.0. The van der Waals surface area contributed by atoms with Crippen molar-refractivity contribution in [2.75, 3.05) is 35.8 Å². The van der Waals surface area contributed by atoms with Crippen LogP contribution < -0.4 is 9.62 Å². The monoisotopic (exact) mass is 535 g/mol. The lowest BCUT2D eigenvalue weighted by Crippen LogP contribution is -2.42. The van der Waals surface area contributed by atoms with Gasteiger partial charge in [0.1, 0.15) is 16.5 Å². The summed E-state index contributed by atoms with van der Waals surface area (Å²) in [5.41, 5.74) is 1.99. The molecule has 192 valence electrons. The van der Waals surface area contributed by atoms with Gasteiger partial charge < -0.3 is 15.3 Å². The van der Waals surface area contributed by atoms with Crippen LogP contribution in [0.5, 0.6) is 0 Å². The fraction of sp³-hybridized carbons (Fsp3) is 0.308. The van der Waals surface area contributed by atoms with Gasteiger partial charge in [-0.2, -0.15) is 0 Å². The number of anilines is 3. The molecule has 2 N–H and O–H groups in total. The predicted molar refractivity (Wildman–Crippen MR) is 138 cm³/mol. The lowest BCUT2D eigenvalue weighted by atomic mass is 9.96. The second-order valence-corrected chi connectivity index (χ2v) is 10.9. The van der Waals surface area contributed by atoms with Crippen LogP contribution in [0.1, 0.15) is 24.5 Å². The number of hydrogen-bond acceptors (Lipinski definition) is 5. The van der Waals surface area contributed by atoms with E-state index in [1.54, 1.807) is 18.2 Å². The number of benzene rings is 3. The summed E-state index contributed by atoms with van der Waals surface area (Å²) in [7, 11) is -3.76. The molecule has 0 radical (unpaired) electrons. The molecule has 0 unspecified atom stereocenters. The van der Waals surface area contributed by atoms with E-state index >= 15 is 0 Å². The Kier molecular flexibility index (Phi) is 7.85. The van der Waals surface area contributed by atoms with E-state index in [-0.39, 0.29) is 35.3 Å². The van der Waals surface area contributed by atoms with Crippen molar-refractivity contribution in [1.82, 2.24) is 4.90 Å². The normalized spacial score (nSPS) is 18.2. The first-order valence-corrected chi connectivity index (χ1v) is 13.1. The average Bonchev–Trinajstić information content (AvgIpc) is 2.93. The number of β-amino-alcohol motifs (C(OH)–C–C–N with tert-alkyl or cyclic N) is 1. The lowest BCUT2D eigenvalue weighted by molar-refractivity contribution is 0.0881. The molecule has 2 aliphatic heterocycles. The quantitative estimate of drug-likeness (QED) is 0.476. The Morgan fingerprint density at radius 1 is 0.972 bits per heavy atom. The summed E-state index contributed by atoms with van der Waals surface area (Å²) < 4.78 is 56.0. The van der Waals surface area contributed by atoms with Crippen LogP contribution in [0.3, 0.4) is 0 Å². The zero-order valence-corrected chi connectivity index (χ0v) is 21.1. The number of nitrogens with zero attached hydrogens (tertiary/aromatic N) is 2. The van der Waals surface area contributed by atoms with E-state index < -0.39 is 27.8 Å². The maximum absolute atomic E-state index is 14.0. The fourth-order valence-corrected chi connectivity index (χ4v) is 6.59. The Hall–Kier alpha value is -2.72. The number of para-hydroxylation sites is 3. The molecular formula is C26H28ClF2N3O3S. The van der Waals surface area contributed by atoms with Gasteiger partial charge in [0.15, 0.2) is 0 Å². The average molecular weight is 536 g/mol. The predicted octanol–water partition coefficient (Wildman–Crippen LogP) is 5.08. The van der Waals surface area contributed by atoms with E-state index in [1.165, 1.54) is 10.4 Å². The number of halogens is 3. The number of fused-ring (bicyclic) bond motifs is 2. The number of sulfonamides is 1. The molecule has 0 saturated carbocycles. The van der Waals surface area contributed by atoms with Crippen molar-refractivity contribution < 1.29 is 22.3 Å². The first kappa shape index (κ1) is 26.3. The van der Waals surface area contributed by atoms with E-state index in [2.05, 4.69) is 5.32 Å². The van der Waals surface area contributed by atoms with E-state index in [1.807, 2.05) is 35.2 Å². The minimum Gasteiger partial charge on any atom is -0.387 e. The summed E-state index contributed by atoms with van der Waals surface area (Å²) in [6, 6.07) is 17.5. The van der Waals surface area contributed by atoms with Gasteiger partial charge in [-0.05, 0) is 62.2 Å². The molecule has 2 heterocycles. The molecule has 1 fully saturated rings. The zero-order valence-electron chi connectivity index (χ0n) is 19.5. The molecule has 3 aromatic carbocycles. The van der Waals surface area contributed by atoms with Crippen molar-refractivity contribution in [1.29, 1.82) is 0 Å². The highest BCUT2D eigenvalue weighted by molar-refractivity contribution is 7.93. The third-order valence-corrected chi connectivity index (χ3v) is 8.62. The van der Waals surface area contributed by atoms with Crippen molar-refractivity contribution >= 4 is 39.5 Å². The van der Waals surface area contributed by atoms with Gasteiger partial charge in [0, 0.05) is 24.7 Å². The second kappa shape index (κ2) is 10.7. The standard InChI is InChI=1S/C26H27F2N3O3S.ClH/c27-19-9-10-20(21(28)15-19)25(32)17-30-13-11-18(12-14-30)16-31-24-7-3-1-5-22(24)29-23-6-2-4-8-26(23)35(31,33)34;/h1-10,15,18,25,29,32H,11-14,16-17H2;1H/t25-;/m0./s1. The Balaban J connectivity index is 0.00000304. The Bertz CT molecular complexity index is 1330. The summed E-state index contributed by atoms with van der Waals surface area (Å²) in [5, 5.41) is 13.7. The molecule has 0 spiro atoms. The third-order valence-electron chi connectivity index (χ3n) is 6.78. The summed E-state index contributed by atoms with van der Waals surface area (Å²) >= 11 is 0. The van der Waals surface area contributed by atoms with Gasteiger partial charge in [-0.15, -0.1) is 12.4 Å². The molecule has 6 nitrogen and oxygen atoms in total. The van der Waals surface area contributed by atoms with E-state index in [0.29, 0.717) is 31.0 Å². The number of likely N-dealkylation sites (tertiary alicyclic amines) is 1. The number of aliphatic hydroxyl groups is 1. The first-order valence-electron chi connectivity index (χ1n) is 11.7. The van der Waals surface area contributed by atoms with Crippen molar-refractivity contribution in [3.8, 4) is 0 Å². The molecule has 0 aromatic heterocycles. The number of nitrogens with one attached hydrogen (secondary N) is 1. The smallest absolute Gasteiger partial charge is 0.266 e. The van der Waals surface area contributed by atoms with Gasteiger partial charge in [0.25, 0.3) is 10.0 Å². The molecule has 3 aromatic rings. The minimum atomic E-state index is -3.76. The van der Waals surface area contributed by atoms with Gasteiger partial charge in [0.05, 0.1) is 23.2 Å². The van der Waals surface area contributed by atoms with Crippen molar-refractivity contribution in [3.05, 3.63) is 83.9 Å². The van der Waals surface area contributed by atoms with Crippen LogP contribution >= 0.6 is 12.4 Å². The molecule has 1 saturated heterocycles. The van der Waals surface area contributed by atoms with Gasteiger partial charge in [-0.3, -0.25) is 4.31 Å². The highest BCUT2D eigenvalue weighted by Crippen LogP contribution is 2.40. The summed E-state index contributed by atoms with van der Waals surface area (Å²) in [6.45, 7) is 1.87. The highest BCUT2D eigenvalue weighted by Gasteiger charge is 2.34. The van der Waals surface area contributed by atoms with Crippen LogP contribution in [0.25, 0.3) is 0 Å². The Morgan fingerprint density at radius 2 is 1.64 bits per heavy atom. The molecule has 2 aliphatic rings. The van der Waals surface area contributed by atoms with Gasteiger partial charge >= 0.3 is 0 Å². The van der Waals surface area contributed by atoms with E-state index in [4.69, 9.17) is 0 Å². The molecule has 5 rings (SSSR count). The second-order valence-electron chi connectivity index (χ2n) is 9.10. The molecule has 36 heavy (non-hydrogen) atoms. The van der Waals surface area contributed by atoms with Crippen LogP contribution in [0.2, 0.25) is 0 Å². The third kappa shape index (κ3) is 5.20. The molecule has 0 bridgehead atoms. The molecule has 0 amide bonds. The van der Waals surface area contributed by atoms with Crippen molar-refractivity contribution in [3.63, 3.8) is 0 Å². The minimum absolute atomic E-state index is 0. The van der Waals surface area contributed by atoms with Crippen molar-refractivity contribution in [2.24, 2.45) is 5.92 Å². The van der Waals surface area contributed by atoms with Crippen molar-refractivity contribution in [2.45, 2.75) is 23.8 Å². The van der Waals surface area contributed by atoms with Crippen LogP contribution in [0.4, 0.5) is 25.8 Å². The van der Waals surface area contributed by atoms with Gasteiger partial charge in [0.2, 0.25) is 0 Å². The number of aliphatic hydroxyl groups excluding tert-OH is 1. The van der Waals surface area contributed by atoms with E-state index in [0.717, 1.165) is 30.7 Å². The Morgan fingerprint density at radius 3 is 2.36 bits per heavy atom. The van der Waals surface area contributed by atoms with E-state index in [9.17, 15) is 22.3 Å². The SMILES string of the molecule is Cl.O=S1(=O)c2ccccc2Nc2ccccc2N1CC1CCN(C[C@H](O)c2ccc(F)cc2F)CC1. The van der Waals surface area contributed by atoms with Crippen LogP contribution in [0.15, 0.2) is 71.6 Å². The molecule has 0 aliphatic carbocycles. The summed E-state index contributed by atoms with van der Waals surface area (Å²) in [5.74, 6) is -1.31. The molecule has 1 atom stereocenters. The number of hydrogen-bond donors (Lipinski definition) is 2. The molecular weight excluding hydrogens is 508 g/mol. The molecule has 10 heteroatoms. The maximum Gasteiger partial charge on any atom is 0.266 e. The number of rotatable bonds is 5. The largest absolute Gasteiger partial charge is 0.387 e. The van der Waals surface area contributed by atoms with Crippen LogP contribution in [-0.2, 0) is 10.0 Å². The Labute approximate surface area is 216 Å². The first-order chi connectivity index (χ1) is 16.8. The van der Waals surface area contributed by atoms with Gasteiger partial charge in [-0.25, -0.2) is 17.2 Å². The summed E-state index contributed by atoms with van der Waals surface area (Å²) in [6.07, 6.45) is 0.414. The topological polar surface area (TPSA) is 72.9 Å². The van der Waals surface area contributed by atoms with Crippen LogP contribution in [-0.4, -0.2) is 44.6 Å². The van der Waals surface area contributed by atoms with Crippen LogP contribution in [0, 0.1) is 17.6 Å². The number of piperidine rings is 1. The highest BCUT2D eigenvalue weighted by atomic mass is 35.5.